The van der Waals surface area contributed by atoms with Gasteiger partial charge in [-0.25, -0.2) is 4.98 Å². The first-order chi connectivity index (χ1) is 9.24. The largest absolute Gasteiger partial charge is 0.497 e. The second-order valence-corrected chi connectivity index (χ2v) is 5.93. The molecule has 1 N–H and O–H groups in total. The molecule has 3 aromatic rings. The van der Waals surface area contributed by atoms with Gasteiger partial charge in [-0.15, -0.1) is 0 Å². The number of nitrogens with one attached hydrogen (secondary N) is 1. The Labute approximate surface area is 123 Å². The van der Waals surface area contributed by atoms with Crippen molar-refractivity contribution in [3.63, 3.8) is 0 Å². The van der Waals surface area contributed by atoms with Crippen LogP contribution < -0.4 is 10.1 Å². The molecule has 0 unspecified atom stereocenters. The topological polar surface area (TPSA) is 34.1 Å². The molecule has 1 aromatic heterocycles. The van der Waals surface area contributed by atoms with E-state index in [0.29, 0.717) is 0 Å². The zero-order chi connectivity index (χ0) is 13.2. The van der Waals surface area contributed by atoms with Crippen LogP contribution in [0, 0.1) is 0 Å². The monoisotopic (exact) mass is 334 g/mol. The molecule has 0 amide bonds. The van der Waals surface area contributed by atoms with Gasteiger partial charge in [-0.2, -0.15) is 0 Å². The van der Waals surface area contributed by atoms with Crippen LogP contribution in [0.25, 0.3) is 10.2 Å². The van der Waals surface area contributed by atoms with E-state index in [9.17, 15) is 0 Å². The number of methoxy groups -OCH3 is 1. The van der Waals surface area contributed by atoms with Crippen LogP contribution in [0.3, 0.4) is 0 Å². The maximum Gasteiger partial charge on any atom is 0.188 e. The fourth-order valence-corrected chi connectivity index (χ4v) is 2.97. The van der Waals surface area contributed by atoms with Crippen molar-refractivity contribution in [2.24, 2.45) is 0 Å². The predicted octanol–water partition coefficient (Wildman–Crippen LogP) is 4.81. The molecule has 1 heterocycles. The van der Waals surface area contributed by atoms with E-state index in [4.69, 9.17) is 4.74 Å². The summed E-state index contributed by atoms with van der Waals surface area (Å²) in [6.45, 7) is 0. The van der Waals surface area contributed by atoms with Gasteiger partial charge in [0.1, 0.15) is 5.75 Å². The van der Waals surface area contributed by atoms with Crippen molar-refractivity contribution < 1.29 is 4.74 Å². The third-order valence-corrected chi connectivity index (χ3v) is 4.14. The highest BCUT2D eigenvalue weighted by atomic mass is 79.9. The Bertz CT molecular complexity index is 709. The molecule has 0 bridgehead atoms. The van der Waals surface area contributed by atoms with Crippen LogP contribution >= 0.6 is 27.3 Å². The maximum atomic E-state index is 5.13. The second kappa shape index (κ2) is 5.19. The number of anilines is 2. The van der Waals surface area contributed by atoms with Crippen molar-refractivity contribution in [2.45, 2.75) is 0 Å². The fraction of sp³-hybridized carbons (Fsp3) is 0.0714. The summed E-state index contributed by atoms with van der Waals surface area (Å²) < 4.78 is 7.34. The lowest BCUT2D eigenvalue weighted by atomic mass is 10.3. The molecule has 0 saturated carbocycles. The molecule has 0 saturated heterocycles. The van der Waals surface area contributed by atoms with Crippen LogP contribution in [0.15, 0.2) is 46.9 Å². The first kappa shape index (κ1) is 12.4. The third-order valence-electron chi connectivity index (χ3n) is 2.69. The zero-order valence-corrected chi connectivity index (χ0v) is 12.6. The highest BCUT2D eigenvalue weighted by Crippen LogP contribution is 2.30. The van der Waals surface area contributed by atoms with Crippen LogP contribution in [-0.4, -0.2) is 12.1 Å². The van der Waals surface area contributed by atoms with Gasteiger partial charge in [0.15, 0.2) is 5.13 Å². The highest BCUT2D eigenvalue weighted by Gasteiger charge is 2.04. The fourth-order valence-electron chi connectivity index (χ4n) is 1.75. The molecule has 0 fully saturated rings. The average molecular weight is 335 g/mol. The molecule has 3 rings (SSSR count). The molecule has 0 radical (unpaired) electrons. The molecule has 96 valence electrons. The zero-order valence-electron chi connectivity index (χ0n) is 10.2. The van der Waals surface area contributed by atoms with Gasteiger partial charge >= 0.3 is 0 Å². The van der Waals surface area contributed by atoms with Crippen LogP contribution in [0.2, 0.25) is 0 Å². The van der Waals surface area contributed by atoms with Crippen molar-refractivity contribution in [1.29, 1.82) is 0 Å². The summed E-state index contributed by atoms with van der Waals surface area (Å²) in [5, 5.41) is 4.19. The third kappa shape index (κ3) is 2.72. The summed E-state index contributed by atoms with van der Waals surface area (Å²) in [7, 11) is 1.66. The first-order valence-electron chi connectivity index (χ1n) is 5.72. The van der Waals surface area contributed by atoms with Gasteiger partial charge < -0.3 is 10.1 Å². The number of halogens is 1. The van der Waals surface area contributed by atoms with E-state index in [-0.39, 0.29) is 0 Å². The molecule has 0 aliphatic heterocycles. The molecular weight excluding hydrogens is 324 g/mol. The van der Waals surface area contributed by atoms with Crippen molar-refractivity contribution in [3.05, 3.63) is 46.9 Å². The van der Waals surface area contributed by atoms with E-state index >= 15 is 0 Å². The molecule has 19 heavy (non-hydrogen) atoms. The number of aromatic nitrogens is 1. The minimum Gasteiger partial charge on any atom is -0.497 e. The molecule has 0 aliphatic rings. The number of nitrogens with zero attached hydrogens (tertiary/aromatic N) is 1. The van der Waals surface area contributed by atoms with E-state index in [1.54, 1.807) is 18.4 Å². The van der Waals surface area contributed by atoms with Crippen molar-refractivity contribution in [3.8, 4) is 5.75 Å². The lowest BCUT2D eigenvalue weighted by Gasteiger charge is -2.03. The molecule has 0 spiro atoms. The van der Waals surface area contributed by atoms with Gasteiger partial charge in [-0.05, 0) is 42.5 Å². The lowest BCUT2D eigenvalue weighted by molar-refractivity contribution is 0.415. The molecular formula is C14H11BrN2OS. The van der Waals surface area contributed by atoms with Crippen molar-refractivity contribution in [1.82, 2.24) is 4.98 Å². The Morgan fingerprint density at radius 2 is 1.95 bits per heavy atom. The number of thiazole rings is 1. The Balaban J connectivity index is 1.87. The summed E-state index contributed by atoms with van der Waals surface area (Å²) in [4.78, 5) is 4.56. The molecule has 0 atom stereocenters. The van der Waals surface area contributed by atoms with E-state index in [0.717, 1.165) is 26.6 Å². The Morgan fingerprint density at radius 1 is 1.16 bits per heavy atom. The van der Waals surface area contributed by atoms with Crippen LogP contribution in [-0.2, 0) is 0 Å². The van der Waals surface area contributed by atoms with Crippen molar-refractivity contribution in [2.75, 3.05) is 12.4 Å². The standard InChI is InChI=1S/C14H11BrN2OS/c1-18-11-5-3-10(4-6-11)16-14-17-12-8-9(15)2-7-13(12)19-14/h2-8H,1H3,(H,16,17). The lowest BCUT2D eigenvalue weighted by Crippen LogP contribution is -1.89. The summed E-state index contributed by atoms with van der Waals surface area (Å²) in [5.41, 5.74) is 1.99. The number of rotatable bonds is 3. The number of hydrogen-bond donors (Lipinski definition) is 1. The van der Waals surface area contributed by atoms with Gasteiger partial charge in [0.25, 0.3) is 0 Å². The Kier molecular flexibility index (Phi) is 3.40. The summed E-state index contributed by atoms with van der Waals surface area (Å²) in [5.74, 6) is 0.846. The predicted molar refractivity (Wildman–Crippen MR) is 83.6 cm³/mol. The smallest absolute Gasteiger partial charge is 0.188 e. The minimum atomic E-state index is 0.846. The van der Waals surface area contributed by atoms with Crippen LogP contribution in [0.5, 0.6) is 5.75 Å². The van der Waals surface area contributed by atoms with Gasteiger partial charge in [0.05, 0.1) is 17.3 Å². The van der Waals surface area contributed by atoms with E-state index in [2.05, 4.69) is 32.3 Å². The van der Waals surface area contributed by atoms with E-state index in [1.807, 2.05) is 36.4 Å². The molecule has 5 heteroatoms. The van der Waals surface area contributed by atoms with Gasteiger partial charge in [0, 0.05) is 10.2 Å². The Morgan fingerprint density at radius 3 is 2.68 bits per heavy atom. The maximum absolute atomic E-state index is 5.13. The number of ether oxygens (including phenoxy) is 1. The van der Waals surface area contributed by atoms with Crippen LogP contribution in [0.4, 0.5) is 10.8 Å². The first-order valence-corrected chi connectivity index (χ1v) is 7.33. The highest BCUT2D eigenvalue weighted by molar-refractivity contribution is 9.10. The summed E-state index contributed by atoms with van der Waals surface area (Å²) in [6.07, 6.45) is 0. The molecule has 0 aliphatic carbocycles. The number of hydrogen-bond acceptors (Lipinski definition) is 4. The van der Waals surface area contributed by atoms with E-state index in [1.165, 1.54) is 4.70 Å². The molecule has 3 nitrogen and oxygen atoms in total. The Hall–Kier alpha value is -1.59. The van der Waals surface area contributed by atoms with E-state index < -0.39 is 0 Å². The number of fused-ring (bicyclic) bond motifs is 1. The molecule has 2 aromatic carbocycles. The SMILES string of the molecule is COc1ccc(Nc2nc3cc(Br)ccc3s2)cc1. The quantitative estimate of drug-likeness (QED) is 0.746. The van der Waals surface area contributed by atoms with Crippen LogP contribution in [0.1, 0.15) is 0 Å². The van der Waals surface area contributed by atoms with Gasteiger partial charge in [-0.1, -0.05) is 27.3 Å². The van der Waals surface area contributed by atoms with Gasteiger partial charge in [0.2, 0.25) is 0 Å². The summed E-state index contributed by atoms with van der Waals surface area (Å²) >= 11 is 5.09. The summed E-state index contributed by atoms with van der Waals surface area (Å²) in [6, 6.07) is 13.9. The van der Waals surface area contributed by atoms with Gasteiger partial charge in [-0.3, -0.25) is 0 Å². The average Bonchev–Trinajstić information content (AvgIpc) is 2.81. The van der Waals surface area contributed by atoms with Crippen molar-refractivity contribution >= 4 is 48.3 Å². The minimum absolute atomic E-state index is 0.846. The number of benzene rings is 2. The second-order valence-electron chi connectivity index (χ2n) is 3.98. The normalized spacial score (nSPS) is 10.6.